The number of nitrogens with zero attached hydrogens (tertiary/aromatic N) is 4. The molecule has 1 aliphatic rings. The van der Waals surface area contributed by atoms with E-state index in [1.54, 1.807) is 0 Å². The van der Waals surface area contributed by atoms with Crippen LogP contribution in [0.4, 0.5) is 0 Å². The summed E-state index contributed by atoms with van der Waals surface area (Å²) in [6.07, 6.45) is 1.92. The maximum atomic E-state index is 2.53. The second-order valence-electron chi connectivity index (χ2n) is 18.0. The number of hydrogen-bond acceptors (Lipinski definition) is 0. The second kappa shape index (κ2) is 13.5. The average Bonchev–Trinajstić information content (AvgIpc) is 4.11. The van der Waals surface area contributed by atoms with Gasteiger partial charge in [-0.25, -0.2) is 0 Å². The van der Waals surface area contributed by atoms with E-state index in [1.807, 2.05) is 0 Å². The summed E-state index contributed by atoms with van der Waals surface area (Å²) in [6, 6.07) is 81.0. The zero-order valence-electron chi connectivity index (χ0n) is 36.0. The summed E-state index contributed by atoms with van der Waals surface area (Å²) in [4.78, 5) is 0. The monoisotopic (exact) mass is 840 g/mol. The first-order chi connectivity index (χ1) is 32.8. The third-order valence-electron chi connectivity index (χ3n) is 14.6. The molecule has 0 atom stereocenters. The largest absolute Gasteiger partial charge is 0.309 e. The van der Waals surface area contributed by atoms with E-state index in [1.165, 1.54) is 127 Å². The molecule has 0 amide bonds. The van der Waals surface area contributed by atoms with Crippen LogP contribution in [-0.2, 0) is 12.8 Å². The van der Waals surface area contributed by atoms with E-state index in [-0.39, 0.29) is 0 Å². The number of aromatic nitrogens is 4. The second-order valence-corrected chi connectivity index (χ2v) is 18.0. The van der Waals surface area contributed by atoms with Crippen molar-refractivity contribution in [3.8, 4) is 33.9 Å². The molecule has 0 unspecified atom stereocenters. The van der Waals surface area contributed by atoms with E-state index in [0.29, 0.717) is 0 Å². The van der Waals surface area contributed by atoms with E-state index in [0.717, 1.165) is 18.5 Å². The maximum absolute atomic E-state index is 2.53. The fourth-order valence-electron chi connectivity index (χ4n) is 11.9. The molecular formula is C62H40N4. The molecule has 14 aromatic rings. The predicted octanol–water partition coefficient (Wildman–Crippen LogP) is 15.8. The summed E-state index contributed by atoms with van der Waals surface area (Å²) in [5, 5.41) is 10.2. The lowest BCUT2D eigenvalue weighted by molar-refractivity contribution is 0.944. The van der Waals surface area contributed by atoms with Gasteiger partial charge in [-0.05, 0) is 132 Å². The van der Waals surface area contributed by atoms with E-state index < -0.39 is 0 Å². The lowest BCUT2D eigenvalue weighted by Crippen LogP contribution is -2.07. The molecule has 1 aliphatic carbocycles. The van der Waals surface area contributed by atoms with Crippen LogP contribution in [0.3, 0.4) is 0 Å². The number of aryl methyl sites for hydroxylation is 2. The van der Waals surface area contributed by atoms with Gasteiger partial charge in [0.15, 0.2) is 0 Å². The topological polar surface area (TPSA) is 19.7 Å². The summed E-state index contributed by atoms with van der Waals surface area (Å²) in [6.45, 7) is 0. The Hall–Kier alpha value is -8.60. The molecule has 4 nitrogen and oxygen atoms in total. The van der Waals surface area contributed by atoms with Crippen LogP contribution < -0.4 is 0 Å². The standard InChI is InChI=1S/C62H40N4/c1-3-15-40(16-4-1)63-59-33-28-43(65-57-25-13-9-21-47(57)48-22-10-14-26-58(48)65)37-54(59)52-35-39-27-30-49-44(51(39)38-61(52)63)31-32-50-53-36-42(29-34-60(53)66(62(49)50)41-17-5-2-6-18-41)64-55-23-11-7-19-45(55)46-20-8-12-24-56(46)64/h1-26,28-29,31-38H,27,30H2. The van der Waals surface area contributed by atoms with Crippen molar-refractivity contribution in [2.75, 3.05) is 0 Å². The van der Waals surface area contributed by atoms with Crippen molar-refractivity contribution >= 4 is 87.2 Å². The Balaban J connectivity index is 0.974. The van der Waals surface area contributed by atoms with Gasteiger partial charge in [-0.3, -0.25) is 0 Å². The Morgan fingerprint density at radius 3 is 1.21 bits per heavy atom. The first-order valence-electron chi connectivity index (χ1n) is 23.1. The molecule has 4 heteroatoms. The number of para-hydroxylation sites is 6. The summed E-state index contributed by atoms with van der Waals surface area (Å²) >= 11 is 0. The molecule has 0 saturated heterocycles. The fraction of sp³-hybridized carbons (Fsp3) is 0.0323. The Bertz CT molecular complexity index is 4100. The average molecular weight is 841 g/mol. The number of rotatable bonds is 4. The lowest BCUT2D eigenvalue weighted by atomic mass is 9.83. The Morgan fingerprint density at radius 1 is 0.242 bits per heavy atom. The zero-order valence-corrected chi connectivity index (χ0v) is 36.0. The third kappa shape index (κ3) is 4.87. The molecule has 10 aromatic carbocycles. The Labute approximate surface area is 380 Å². The number of fused-ring (bicyclic) bond motifs is 16. The SMILES string of the molecule is c1ccc(-n2c3ccc(-n4c5ccccc5c5ccccc54)cc3c3cc4c(cc32)-c2ccc3c5cc(-n6c7ccccc7c7ccccc76)ccc5n(-c5ccccc5)c3c2CC4)cc1. The number of hydrogen-bond donors (Lipinski definition) is 0. The van der Waals surface area contributed by atoms with Gasteiger partial charge >= 0.3 is 0 Å². The van der Waals surface area contributed by atoms with Gasteiger partial charge in [-0.1, -0.05) is 121 Å². The fourth-order valence-corrected chi connectivity index (χ4v) is 11.9. The predicted molar refractivity (Wildman–Crippen MR) is 277 cm³/mol. The highest BCUT2D eigenvalue weighted by Crippen LogP contribution is 2.46. The molecule has 4 heterocycles. The van der Waals surface area contributed by atoms with E-state index in [4.69, 9.17) is 0 Å². The molecule has 0 fully saturated rings. The van der Waals surface area contributed by atoms with Gasteiger partial charge in [0.25, 0.3) is 0 Å². The van der Waals surface area contributed by atoms with E-state index in [2.05, 4.69) is 237 Å². The van der Waals surface area contributed by atoms with Crippen molar-refractivity contribution in [2.45, 2.75) is 12.8 Å². The number of benzene rings is 10. The minimum absolute atomic E-state index is 0.956. The normalized spacial score (nSPS) is 12.7. The molecule has 66 heavy (non-hydrogen) atoms. The zero-order chi connectivity index (χ0) is 43.0. The summed E-state index contributed by atoms with van der Waals surface area (Å²) in [5.41, 5.74) is 20.0. The quantitative estimate of drug-likeness (QED) is 0.168. The van der Waals surface area contributed by atoms with Gasteiger partial charge in [-0.2, -0.15) is 0 Å². The van der Waals surface area contributed by atoms with Crippen LogP contribution >= 0.6 is 0 Å². The summed E-state index contributed by atoms with van der Waals surface area (Å²) in [5.74, 6) is 0. The molecule has 0 bridgehead atoms. The molecular weight excluding hydrogens is 801 g/mol. The van der Waals surface area contributed by atoms with Gasteiger partial charge in [-0.15, -0.1) is 0 Å². The molecule has 0 aliphatic heterocycles. The molecule has 308 valence electrons. The first kappa shape index (κ1) is 35.8. The van der Waals surface area contributed by atoms with Gasteiger partial charge in [0.05, 0.1) is 44.1 Å². The van der Waals surface area contributed by atoms with Crippen LogP contribution in [0.5, 0.6) is 0 Å². The van der Waals surface area contributed by atoms with E-state index in [9.17, 15) is 0 Å². The molecule has 15 rings (SSSR count). The van der Waals surface area contributed by atoms with Crippen LogP contribution in [0.15, 0.2) is 218 Å². The highest BCUT2D eigenvalue weighted by molar-refractivity contribution is 6.16. The van der Waals surface area contributed by atoms with Crippen LogP contribution in [0.2, 0.25) is 0 Å². The van der Waals surface area contributed by atoms with Crippen molar-refractivity contribution in [3.05, 3.63) is 230 Å². The van der Waals surface area contributed by atoms with Crippen LogP contribution in [-0.4, -0.2) is 18.3 Å². The minimum atomic E-state index is 0.956. The molecule has 0 saturated carbocycles. The summed E-state index contributed by atoms with van der Waals surface area (Å²) < 4.78 is 9.88. The smallest absolute Gasteiger partial charge is 0.0579 e. The maximum Gasteiger partial charge on any atom is 0.0579 e. The van der Waals surface area contributed by atoms with E-state index >= 15 is 0 Å². The highest BCUT2D eigenvalue weighted by atomic mass is 15.0. The van der Waals surface area contributed by atoms with Gasteiger partial charge in [0, 0.05) is 65.8 Å². The van der Waals surface area contributed by atoms with Gasteiger partial charge in [0.1, 0.15) is 0 Å². The van der Waals surface area contributed by atoms with Crippen LogP contribution in [0, 0.1) is 0 Å². The lowest BCUT2D eigenvalue weighted by Gasteiger charge is -2.23. The first-order valence-corrected chi connectivity index (χ1v) is 23.1. The van der Waals surface area contributed by atoms with Crippen molar-refractivity contribution < 1.29 is 0 Å². The van der Waals surface area contributed by atoms with Crippen LogP contribution in [0.1, 0.15) is 11.1 Å². The Kier molecular flexibility index (Phi) is 7.30. The molecule has 0 N–H and O–H groups in total. The van der Waals surface area contributed by atoms with Crippen LogP contribution in [0.25, 0.3) is 121 Å². The van der Waals surface area contributed by atoms with Crippen molar-refractivity contribution in [1.29, 1.82) is 0 Å². The summed E-state index contributed by atoms with van der Waals surface area (Å²) in [7, 11) is 0. The molecule has 0 spiro atoms. The van der Waals surface area contributed by atoms with Crippen molar-refractivity contribution in [3.63, 3.8) is 0 Å². The van der Waals surface area contributed by atoms with Crippen molar-refractivity contribution in [2.24, 2.45) is 0 Å². The third-order valence-corrected chi connectivity index (χ3v) is 14.6. The highest BCUT2D eigenvalue weighted by Gasteiger charge is 2.26. The van der Waals surface area contributed by atoms with Crippen molar-refractivity contribution in [1.82, 2.24) is 18.3 Å². The molecule has 4 aromatic heterocycles. The van der Waals surface area contributed by atoms with Gasteiger partial charge in [0.2, 0.25) is 0 Å². The molecule has 0 radical (unpaired) electrons. The minimum Gasteiger partial charge on any atom is -0.309 e. The van der Waals surface area contributed by atoms with Gasteiger partial charge < -0.3 is 18.3 Å². The Morgan fingerprint density at radius 2 is 0.667 bits per heavy atom.